The van der Waals surface area contributed by atoms with E-state index in [0.29, 0.717) is 5.92 Å². The molecule has 0 saturated carbocycles. The molecule has 0 aliphatic rings. The van der Waals surface area contributed by atoms with Crippen LogP contribution >= 0.6 is 56.7 Å². The van der Waals surface area contributed by atoms with Crippen LogP contribution in [0, 0.1) is 42.9 Å². The van der Waals surface area contributed by atoms with Crippen molar-refractivity contribution in [2.45, 2.75) is 165 Å². The van der Waals surface area contributed by atoms with E-state index >= 15 is 0 Å². The fourth-order valence-electron chi connectivity index (χ4n) is 10.3. The van der Waals surface area contributed by atoms with Gasteiger partial charge in [0.05, 0.1) is 9.75 Å². The minimum absolute atomic E-state index is 0.477. The maximum absolute atomic E-state index is 5.11. The molecule has 5 heterocycles. The average molecular weight is 1160 g/mol. The SMILES string of the molecule is C#CC(C)CCC.C#Cc1ccc(C#C)s1.CCCCCc1ccc(-c2ccc(-c3cc(-c4ccc(-c5ccc(CC)cc5-c5ccc(-c6ccc(CCCCC)c(CCCCC)c6)s5)s4)ccc3-c3ccc(CC)s3)s2)cc1CC. The number of unbranched alkanes of at least 4 members (excludes halogenated alkanes) is 6. The molecule has 0 bridgehead atoms. The Hall–Kier alpha value is -5.94. The molecule has 0 fully saturated rings. The highest BCUT2D eigenvalue weighted by atomic mass is 32.1. The third-order valence-electron chi connectivity index (χ3n) is 15.1. The van der Waals surface area contributed by atoms with Crippen molar-refractivity contribution in [3.05, 3.63) is 176 Å². The number of thiophene rings is 5. The van der Waals surface area contributed by atoms with E-state index in [1.807, 2.05) is 57.5 Å². The zero-order chi connectivity index (χ0) is 57.5. The average Bonchev–Trinajstić information content (AvgIpc) is 4.60. The van der Waals surface area contributed by atoms with Crippen LogP contribution in [0.5, 0.6) is 0 Å². The summed E-state index contributed by atoms with van der Waals surface area (Å²) in [4.78, 5) is 12.6. The topological polar surface area (TPSA) is 0 Å². The summed E-state index contributed by atoms with van der Waals surface area (Å²) in [5, 5.41) is 0. The molecule has 1 unspecified atom stereocenters. The van der Waals surface area contributed by atoms with Crippen molar-refractivity contribution < 1.29 is 0 Å². The van der Waals surface area contributed by atoms with E-state index in [-0.39, 0.29) is 0 Å². The highest BCUT2D eigenvalue weighted by Gasteiger charge is 2.19. The smallest absolute Gasteiger partial charge is 0.0779 e. The number of rotatable bonds is 24. The molecule has 0 radical (unpaired) electrons. The zero-order valence-electron chi connectivity index (χ0n) is 49.6. The van der Waals surface area contributed by atoms with Crippen molar-refractivity contribution in [3.63, 3.8) is 0 Å². The van der Waals surface area contributed by atoms with Crippen LogP contribution in [0.3, 0.4) is 0 Å². The highest BCUT2D eigenvalue weighted by molar-refractivity contribution is 7.20. The van der Waals surface area contributed by atoms with Crippen LogP contribution < -0.4 is 0 Å². The summed E-state index contributed by atoms with van der Waals surface area (Å²) in [6.07, 6.45) is 36.0. The lowest BCUT2D eigenvalue weighted by atomic mass is 9.95. The second-order valence-corrected chi connectivity index (χ2v) is 26.6. The Morgan fingerprint density at radius 2 is 0.802 bits per heavy atom. The van der Waals surface area contributed by atoms with Crippen molar-refractivity contribution in [2.75, 3.05) is 0 Å². The summed E-state index contributed by atoms with van der Waals surface area (Å²) in [6.45, 7) is 18.0. The van der Waals surface area contributed by atoms with E-state index in [2.05, 4.69) is 194 Å². The summed E-state index contributed by atoms with van der Waals surface area (Å²) in [5.74, 6) is 8.15. The normalized spacial score (nSPS) is 11.2. The highest BCUT2D eigenvalue weighted by Crippen LogP contribution is 2.47. The van der Waals surface area contributed by atoms with Crippen LogP contribution in [0.15, 0.2) is 133 Å². The Bertz CT molecular complexity index is 3490. The van der Waals surface area contributed by atoms with Crippen LogP contribution in [0.1, 0.15) is 168 Å². The number of hydrogen-bond donors (Lipinski definition) is 0. The molecule has 0 nitrogen and oxygen atoms in total. The van der Waals surface area contributed by atoms with E-state index in [1.54, 1.807) is 11.1 Å². The van der Waals surface area contributed by atoms with Gasteiger partial charge in [0.1, 0.15) is 0 Å². The van der Waals surface area contributed by atoms with Gasteiger partial charge in [-0.05, 0) is 182 Å². The molecule has 418 valence electrons. The van der Waals surface area contributed by atoms with Gasteiger partial charge in [0.15, 0.2) is 0 Å². The Kier molecular flexibility index (Phi) is 25.2. The molecule has 81 heavy (non-hydrogen) atoms. The maximum Gasteiger partial charge on any atom is 0.0779 e. The third kappa shape index (κ3) is 17.3. The fourth-order valence-corrected chi connectivity index (χ4v) is 15.0. The van der Waals surface area contributed by atoms with Gasteiger partial charge in [-0.3, -0.25) is 0 Å². The second kappa shape index (κ2) is 32.6. The van der Waals surface area contributed by atoms with E-state index in [0.717, 1.165) is 35.4 Å². The van der Waals surface area contributed by atoms with E-state index in [1.165, 1.54) is 189 Å². The van der Waals surface area contributed by atoms with Gasteiger partial charge in [0.25, 0.3) is 0 Å². The summed E-state index contributed by atoms with van der Waals surface area (Å²) in [5.41, 5.74) is 16.8. The predicted molar refractivity (Wildman–Crippen MR) is 367 cm³/mol. The number of benzene rings is 4. The van der Waals surface area contributed by atoms with Crippen molar-refractivity contribution in [1.29, 1.82) is 0 Å². The van der Waals surface area contributed by atoms with Gasteiger partial charge in [0.2, 0.25) is 0 Å². The minimum atomic E-state index is 0.477. The van der Waals surface area contributed by atoms with Crippen molar-refractivity contribution in [1.82, 2.24) is 0 Å². The summed E-state index contributed by atoms with van der Waals surface area (Å²) < 4.78 is 0. The first kappa shape index (κ1) is 62.7. The first-order valence-corrected chi connectivity index (χ1v) is 34.1. The molecule has 0 aliphatic heterocycles. The molecule has 0 saturated heterocycles. The molecule has 0 N–H and O–H groups in total. The first-order chi connectivity index (χ1) is 39.6. The van der Waals surface area contributed by atoms with Crippen LogP contribution in [0.25, 0.3) is 73.1 Å². The Labute approximate surface area is 509 Å². The number of aryl methyl sites for hydroxylation is 6. The van der Waals surface area contributed by atoms with Crippen LogP contribution in [-0.4, -0.2) is 0 Å². The molecule has 4 aromatic carbocycles. The van der Waals surface area contributed by atoms with Crippen molar-refractivity contribution >= 4 is 56.7 Å². The van der Waals surface area contributed by atoms with Crippen LogP contribution in [0.4, 0.5) is 0 Å². The lowest BCUT2D eigenvalue weighted by Gasteiger charge is -2.12. The van der Waals surface area contributed by atoms with Crippen LogP contribution in [0.2, 0.25) is 0 Å². The van der Waals surface area contributed by atoms with Gasteiger partial charge < -0.3 is 0 Å². The summed E-state index contributed by atoms with van der Waals surface area (Å²) >= 11 is 9.20. The van der Waals surface area contributed by atoms with Gasteiger partial charge in [0, 0.05) is 67.2 Å². The summed E-state index contributed by atoms with van der Waals surface area (Å²) in [7, 11) is 0. The third-order valence-corrected chi connectivity index (χ3v) is 20.8. The molecule has 0 aliphatic carbocycles. The standard InChI is InChI=1S/C61H68S4.C8H4S.C7H12/c1-7-13-16-19-44-23-25-47(39-43(44)11-5)55-34-37-61(65-55)54-41-49(27-30-52(54)58-31-28-50(12-6)62-58)57-32-35-59(63-57)51-29-22-42(10-4)38-53(51)60-36-33-56(64-60)48-26-24-45(20-17-14-8-2)46(40-48)21-18-15-9-3;1-3-7-5-6-8(4-2)9-7;1-4-6-7(3)5-2/h22-41H,7-21H2,1-6H3;1-2,5-6H;2,7H,4,6H2,1,3H3. The minimum Gasteiger partial charge on any atom is -0.140 e. The monoisotopic (exact) mass is 1160 g/mol. The quantitative estimate of drug-likeness (QED) is 0.0418. The van der Waals surface area contributed by atoms with Gasteiger partial charge in [-0.1, -0.05) is 173 Å². The largest absolute Gasteiger partial charge is 0.140 e. The van der Waals surface area contributed by atoms with Crippen LogP contribution in [-0.2, 0) is 38.5 Å². The Balaban J connectivity index is 0.000000512. The molecule has 9 rings (SSSR count). The Morgan fingerprint density at radius 1 is 0.358 bits per heavy atom. The summed E-state index contributed by atoms with van der Waals surface area (Å²) in [6, 6.07) is 51.5. The first-order valence-electron chi connectivity index (χ1n) is 30.0. The number of terminal acetylenes is 3. The number of hydrogen-bond acceptors (Lipinski definition) is 5. The molecule has 0 amide bonds. The lowest BCUT2D eigenvalue weighted by molar-refractivity contribution is 0.654. The molecule has 5 aromatic heterocycles. The predicted octanol–water partition coefficient (Wildman–Crippen LogP) is 24.3. The molecule has 1 atom stereocenters. The molecule has 5 heteroatoms. The molecule has 0 spiro atoms. The second-order valence-electron chi connectivity index (χ2n) is 21.1. The molecular weight excluding hydrogens is 1070 g/mol. The van der Waals surface area contributed by atoms with Crippen molar-refractivity contribution in [2.24, 2.45) is 5.92 Å². The Morgan fingerprint density at radius 3 is 1.26 bits per heavy atom. The van der Waals surface area contributed by atoms with Gasteiger partial charge >= 0.3 is 0 Å². The maximum atomic E-state index is 5.11. The van der Waals surface area contributed by atoms with Gasteiger partial charge in [-0.25, -0.2) is 0 Å². The lowest BCUT2D eigenvalue weighted by Crippen LogP contribution is -1.96. The molecular formula is C76H84S5. The van der Waals surface area contributed by atoms with Crippen molar-refractivity contribution in [3.8, 4) is 110 Å². The van der Waals surface area contributed by atoms with Gasteiger partial charge in [-0.2, -0.15) is 0 Å². The van der Waals surface area contributed by atoms with E-state index in [9.17, 15) is 0 Å². The fraction of sp³-hybridized carbons (Fsp3) is 0.342. The van der Waals surface area contributed by atoms with E-state index < -0.39 is 0 Å². The van der Waals surface area contributed by atoms with Gasteiger partial charge in [-0.15, -0.1) is 81.9 Å². The molecule has 9 aromatic rings. The van der Waals surface area contributed by atoms with E-state index in [4.69, 9.17) is 19.3 Å². The zero-order valence-corrected chi connectivity index (χ0v) is 53.7.